The average Bonchev–Trinajstić information content (AvgIpc) is 2.65. The number of aromatic hydroxyl groups is 1. The smallest absolute Gasteiger partial charge is 0.266 e. The number of anilines is 1. The van der Waals surface area contributed by atoms with E-state index in [0.717, 1.165) is 0 Å². The normalized spacial score (nSPS) is 10.8. The summed E-state index contributed by atoms with van der Waals surface area (Å²) in [5, 5.41) is 21.3. The van der Waals surface area contributed by atoms with Gasteiger partial charge in [-0.25, -0.2) is 0 Å². The van der Waals surface area contributed by atoms with Gasteiger partial charge in [-0.2, -0.15) is 5.26 Å². The number of nitrogens with one attached hydrogen (secondary N) is 1. The fraction of sp³-hybridized carbons (Fsp3) is 0.200. The van der Waals surface area contributed by atoms with Crippen molar-refractivity contribution >= 4 is 33.6 Å². The molecule has 0 spiro atoms. The van der Waals surface area contributed by atoms with Crippen molar-refractivity contribution in [2.45, 2.75) is 13.8 Å². The highest BCUT2D eigenvalue weighted by molar-refractivity contribution is 9.10. The molecule has 0 heterocycles. The maximum atomic E-state index is 12.4. The third-order valence-corrected chi connectivity index (χ3v) is 4.14. The minimum absolute atomic E-state index is 0.0737. The number of phenolic OH excluding ortho intramolecular Hbond substituents is 1. The van der Waals surface area contributed by atoms with Crippen molar-refractivity contribution in [3.05, 3.63) is 52.0 Å². The Balaban J connectivity index is 2.32. The molecule has 0 aromatic heterocycles. The molecule has 2 aromatic carbocycles. The van der Waals surface area contributed by atoms with E-state index in [1.54, 1.807) is 24.3 Å². The second-order valence-electron chi connectivity index (χ2n) is 5.36. The molecule has 2 rings (SSSR count). The minimum atomic E-state index is -0.554. The fourth-order valence-electron chi connectivity index (χ4n) is 2.25. The Bertz CT molecular complexity index is 886. The first-order chi connectivity index (χ1) is 13.0. The first-order valence-corrected chi connectivity index (χ1v) is 9.09. The highest BCUT2D eigenvalue weighted by atomic mass is 79.9. The number of phenols is 1. The van der Waals surface area contributed by atoms with Crippen LogP contribution in [-0.2, 0) is 4.79 Å². The van der Waals surface area contributed by atoms with Gasteiger partial charge in [0.25, 0.3) is 5.91 Å². The molecule has 0 saturated heterocycles. The summed E-state index contributed by atoms with van der Waals surface area (Å²) in [5.41, 5.74) is 1.01. The van der Waals surface area contributed by atoms with Crippen LogP contribution in [0.2, 0.25) is 0 Å². The Morgan fingerprint density at radius 2 is 1.78 bits per heavy atom. The topological polar surface area (TPSA) is 91.6 Å². The number of carbonyl (C=O) groups excluding carboxylic acids is 1. The lowest BCUT2D eigenvalue weighted by Gasteiger charge is -2.13. The van der Waals surface area contributed by atoms with Crippen LogP contribution in [0.1, 0.15) is 19.4 Å². The number of carbonyl (C=O) groups is 1. The third kappa shape index (κ3) is 5.50. The van der Waals surface area contributed by atoms with Crippen molar-refractivity contribution in [2.24, 2.45) is 0 Å². The van der Waals surface area contributed by atoms with Crippen molar-refractivity contribution in [1.82, 2.24) is 0 Å². The van der Waals surface area contributed by atoms with E-state index in [4.69, 9.17) is 9.47 Å². The number of ether oxygens (including phenoxy) is 2. The number of rotatable bonds is 7. The van der Waals surface area contributed by atoms with Gasteiger partial charge in [0, 0.05) is 10.2 Å². The minimum Gasteiger partial charge on any atom is -0.508 e. The van der Waals surface area contributed by atoms with E-state index < -0.39 is 5.91 Å². The highest BCUT2D eigenvalue weighted by Gasteiger charge is 2.14. The standard InChI is InChI=1S/C20H19BrN2O4/c1-3-26-18-10-13(17(21)11-19(18)27-4-2)9-14(12-22)20(25)23-15-5-7-16(24)8-6-15/h5-11,24H,3-4H2,1-2H3,(H,23,25)/b14-9+. The molecule has 27 heavy (non-hydrogen) atoms. The lowest BCUT2D eigenvalue weighted by Crippen LogP contribution is -2.13. The summed E-state index contributed by atoms with van der Waals surface area (Å²) in [6.07, 6.45) is 1.47. The number of hydrogen-bond donors (Lipinski definition) is 2. The second kappa shape index (κ2) is 9.64. The van der Waals surface area contributed by atoms with Crippen molar-refractivity contribution in [2.75, 3.05) is 18.5 Å². The summed E-state index contributed by atoms with van der Waals surface area (Å²) < 4.78 is 11.8. The van der Waals surface area contributed by atoms with Gasteiger partial charge in [-0.1, -0.05) is 15.9 Å². The predicted molar refractivity (Wildman–Crippen MR) is 107 cm³/mol. The maximum absolute atomic E-state index is 12.4. The summed E-state index contributed by atoms with van der Waals surface area (Å²) in [5.74, 6) is 0.646. The largest absolute Gasteiger partial charge is 0.508 e. The first-order valence-electron chi connectivity index (χ1n) is 8.29. The van der Waals surface area contributed by atoms with E-state index in [2.05, 4.69) is 21.2 Å². The van der Waals surface area contributed by atoms with Gasteiger partial charge in [-0.15, -0.1) is 0 Å². The molecule has 0 radical (unpaired) electrons. The van der Waals surface area contributed by atoms with E-state index in [-0.39, 0.29) is 11.3 Å². The van der Waals surface area contributed by atoms with Gasteiger partial charge in [0.05, 0.1) is 13.2 Å². The Morgan fingerprint density at radius 3 is 2.33 bits per heavy atom. The molecule has 2 aromatic rings. The van der Waals surface area contributed by atoms with E-state index in [9.17, 15) is 15.2 Å². The van der Waals surface area contributed by atoms with Crippen molar-refractivity contribution in [3.63, 3.8) is 0 Å². The average molecular weight is 431 g/mol. The van der Waals surface area contributed by atoms with Crippen LogP contribution >= 0.6 is 15.9 Å². The summed E-state index contributed by atoms with van der Waals surface area (Å²) in [7, 11) is 0. The zero-order valence-corrected chi connectivity index (χ0v) is 16.5. The molecular weight excluding hydrogens is 412 g/mol. The second-order valence-corrected chi connectivity index (χ2v) is 6.21. The molecule has 2 N–H and O–H groups in total. The van der Waals surface area contributed by atoms with Gasteiger partial charge in [0.2, 0.25) is 0 Å². The molecule has 6 nitrogen and oxygen atoms in total. The van der Waals surface area contributed by atoms with Crippen molar-refractivity contribution in [3.8, 4) is 23.3 Å². The molecule has 140 valence electrons. The molecule has 0 bridgehead atoms. The molecule has 0 fully saturated rings. The number of hydrogen-bond acceptors (Lipinski definition) is 5. The summed E-state index contributed by atoms with van der Waals surface area (Å²) in [4.78, 5) is 12.4. The Labute approximate surface area is 166 Å². The first kappa shape index (κ1) is 20.3. The lowest BCUT2D eigenvalue weighted by atomic mass is 10.1. The maximum Gasteiger partial charge on any atom is 0.266 e. The van der Waals surface area contributed by atoms with E-state index in [1.807, 2.05) is 19.9 Å². The number of nitrogens with zero attached hydrogens (tertiary/aromatic N) is 1. The van der Waals surface area contributed by atoms with E-state index in [1.165, 1.54) is 18.2 Å². The lowest BCUT2D eigenvalue weighted by molar-refractivity contribution is -0.112. The Hall–Kier alpha value is -2.98. The summed E-state index contributed by atoms with van der Waals surface area (Å²) in [6.45, 7) is 4.68. The van der Waals surface area contributed by atoms with Gasteiger partial charge in [0.1, 0.15) is 17.4 Å². The van der Waals surface area contributed by atoms with Gasteiger partial charge < -0.3 is 19.9 Å². The summed E-state index contributed by atoms with van der Waals surface area (Å²) in [6, 6.07) is 11.3. The predicted octanol–water partition coefficient (Wildman–Crippen LogP) is 4.50. The van der Waals surface area contributed by atoms with Crippen LogP contribution in [0.5, 0.6) is 17.2 Å². The quantitative estimate of drug-likeness (QED) is 0.383. The number of halogens is 1. The highest BCUT2D eigenvalue weighted by Crippen LogP contribution is 2.35. The van der Waals surface area contributed by atoms with Crippen LogP contribution in [0.15, 0.2) is 46.4 Å². The van der Waals surface area contributed by atoms with Crippen LogP contribution in [0.25, 0.3) is 6.08 Å². The summed E-state index contributed by atoms with van der Waals surface area (Å²) >= 11 is 3.43. The molecule has 7 heteroatoms. The number of benzene rings is 2. The SMILES string of the molecule is CCOc1cc(Br)c(/C=C(\C#N)C(=O)Nc2ccc(O)cc2)cc1OCC. The Morgan fingerprint density at radius 1 is 1.19 bits per heavy atom. The molecule has 0 aliphatic carbocycles. The molecule has 0 atom stereocenters. The molecule has 0 aliphatic rings. The number of nitriles is 1. The molecule has 0 unspecified atom stereocenters. The molecule has 0 aliphatic heterocycles. The van der Waals surface area contributed by atoms with E-state index >= 15 is 0 Å². The van der Waals surface area contributed by atoms with Gasteiger partial charge in [-0.3, -0.25) is 4.79 Å². The van der Waals surface area contributed by atoms with Gasteiger partial charge in [-0.05, 0) is 61.9 Å². The Kier molecular flexibility index (Phi) is 7.26. The van der Waals surface area contributed by atoms with Crippen LogP contribution in [0.4, 0.5) is 5.69 Å². The van der Waals surface area contributed by atoms with Crippen LogP contribution in [-0.4, -0.2) is 24.2 Å². The van der Waals surface area contributed by atoms with Crippen LogP contribution in [0, 0.1) is 11.3 Å². The van der Waals surface area contributed by atoms with Gasteiger partial charge >= 0.3 is 0 Å². The van der Waals surface area contributed by atoms with Gasteiger partial charge in [0.15, 0.2) is 11.5 Å². The van der Waals surface area contributed by atoms with Crippen LogP contribution < -0.4 is 14.8 Å². The third-order valence-electron chi connectivity index (χ3n) is 3.45. The van der Waals surface area contributed by atoms with Crippen molar-refractivity contribution in [1.29, 1.82) is 5.26 Å². The monoisotopic (exact) mass is 430 g/mol. The van der Waals surface area contributed by atoms with Crippen LogP contribution in [0.3, 0.4) is 0 Å². The zero-order valence-electron chi connectivity index (χ0n) is 15.0. The number of amides is 1. The van der Waals surface area contributed by atoms with Crippen molar-refractivity contribution < 1.29 is 19.4 Å². The fourth-order valence-corrected chi connectivity index (χ4v) is 2.68. The zero-order chi connectivity index (χ0) is 19.8. The van der Waals surface area contributed by atoms with E-state index in [0.29, 0.717) is 40.4 Å². The molecule has 1 amide bonds. The molecular formula is C20H19BrN2O4. The molecule has 0 saturated carbocycles.